The molecule has 6 rings (SSSR count). The molecule has 9 heteroatoms. The van der Waals surface area contributed by atoms with E-state index >= 15 is 4.39 Å². The van der Waals surface area contributed by atoms with Gasteiger partial charge in [-0.3, -0.25) is 4.79 Å². The monoisotopic (exact) mass is 552 g/mol. The summed E-state index contributed by atoms with van der Waals surface area (Å²) in [7, 11) is 0. The summed E-state index contributed by atoms with van der Waals surface area (Å²) in [4.78, 5) is 22.4. The van der Waals surface area contributed by atoms with Crippen LogP contribution in [-0.4, -0.2) is 52.2 Å². The highest BCUT2D eigenvalue weighted by Gasteiger charge is 2.28. The van der Waals surface area contributed by atoms with E-state index in [4.69, 9.17) is 9.47 Å². The molecule has 3 heterocycles. The molecule has 1 aliphatic heterocycles. The maximum atomic E-state index is 16.8. The number of fused-ring (bicyclic) bond motifs is 4. The zero-order chi connectivity index (χ0) is 28.7. The van der Waals surface area contributed by atoms with Gasteiger partial charge in [-0.1, -0.05) is 24.3 Å². The van der Waals surface area contributed by atoms with E-state index in [0.29, 0.717) is 59.2 Å². The van der Waals surface area contributed by atoms with Crippen molar-refractivity contribution in [2.45, 2.75) is 32.7 Å². The molecule has 3 aromatic carbocycles. The fraction of sp³-hybridized carbons (Fsp3) is 0.281. The minimum absolute atomic E-state index is 0.0171. The van der Waals surface area contributed by atoms with Crippen molar-refractivity contribution in [3.63, 3.8) is 0 Å². The second kappa shape index (κ2) is 10.7. The number of amides is 1. The number of pyridine rings is 1. The van der Waals surface area contributed by atoms with E-state index in [1.807, 2.05) is 50.2 Å². The number of halogens is 1. The Kier molecular flexibility index (Phi) is 6.93. The fourth-order valence-electron chi connectivity index (χ4n) is 5.77. The lowest BCUT2D eigenvalue weighted by Gasteiger charge is -2.31. The number of carbonyl (C=O) groups is 1. The van der Waals surface area contributed by atoms with Crippen LogP contribution in [0.5, 0.6) is 11.6 Å². The standard InChI is InChI=1S/C32H29FN4O4/c1-3-41-32-25-16-26(18(2)37-11-12-40-17-27(37)39)35-30(25)24-14-20(8-6-10-34)28(29(33)31(24)36-32)23-15-21(38)13-19-7-4-5-9-22(19)23/h4-5,7,9,13-16,18,35,38H,3,6,8,11-12,17H2,1-2H3. The van der Waals surface area contributed by atoms with Gasteiger partial charge >= 0.3 is 0 Å². The average Bonchev–Trinajstić information content (AvgIpc) is 3.42. The molecule has 1 saturated heterocycles. The number of aryl methyl sites for hydroxylation is 1. The minimum Gasteiger partial charge on any atom is -0.508 e. The molecule has 41 heavy (non-hydrogen) atoms. The van der Waals surface area contributed by atoms with Crippen molar-refractivity contribution in [1.82, 2.24) is 14.9 Å². The Bertz CT molecular complexity index is 1860. The highest BCUT2D eigenvalue weighted by molar-refractivity contribution is 6.09. The minimum atomic E-state index is -0.554. The van der Waals surface area contributed by atoms with Gasteiger partial charge in [0.05, 0.1) is 36.2 Å². The van der Waals surface area contributed by atoms with Gasteiger partial charge < -0.3 is 24.5 Å². The molecule has 208 valence electrons. The van der Waals surface area contributed by atoms with Crippen LogP contribution in [0.15, 0.2) is 48.5 Å². The molecule has 8 nitrogen and oxygen atoms in total. The maximum Gasteiger partial charge on any atom is 0.249 e. The summed E-state index contributed by atoms with van der Waals surface area (Å²) >= 11 is 0. The number of carbonyl (C=O) groups excluding carboxylic acids is 1. The van der Waals surface area contributed by atoms with Crippen LogP contribution in [0.3, 0.4) is 0 Å². The third-order valence-electron chi connectivity index (χ3n) is 7.72. The summed E-state index contributed by atoms with van der Waals surface area (Å²) in [6.45, 7) is 5.09. The van der Waals surface area contributed by atoms with Crippen LogP contribution in [0.25, 0.3) is 43.7 Å². The number of H-pyrrole nitrogens is 1. The van der Waals surface area contributed by atoms with Gasteiger partial charge in [-0.05, 0) is 66.4 Å². The largest absolute Gasteiger partial charge is 0.508 e. The van der Waals surface area contributed by atoms with Crippen molar-refractivity contribution in [3.8, 4) is 28.8 Å². The summed E-state index contributed by atoms with van der Waals surface area (Å²) in [5.74, 6) is -0.346. The van der Waals surface area contributed by atoms with Crippen LogP contribution in [0.2, 0.25) is 0 Å². The van der Waals surface area contributed by atoms with Gasteiger partial charge in [-0.15, -0.1) is 0 Å². The van der Waals surface area contributed by atoms with E-state index in [0.717, 1.165) is 16.5 Å². The molecule has 0 radical (unpaired) electrons. The molecule has 1 unspecified atom stereocenters. The molecule has 2 N–H and O–H groups in total. The summed E-state index contributed by atoms with van der Waals surface area (Å²) in [6, 6.07) is 16.3. The van der Waals surface area contributed by atoms with Crippen LogP contribution < -0.4 is 4.74 Å². The second-order valence-electron chi connectivity index (χ2n) is 10.2. The molecule has 1 fully saturated rings. The second-order valence-corrected chi connectivity index (χ2v) is 10.2. The molecule has 2 aromatic heterocycles. The lowest BCUT2D eigenvalue weighted by Crippen LogP contribution is -2.43. The lowest BCUT2D eigenvalue weighted by atomic mass is 9.90. The number of benzene rings is 3. The molecule has 0 aliphatic carbocycles. The van der Waals surface area contributed by atoms with Crippen molar-refractivity contribution < 1.29 is 23.8 Å². The van der Waals surface area contributed by atoms with Crippen LogP contribution >= 0.6 is 0 Å². The summed E-state index contributed by atoms with van der Waals surface area (Å²) in [6.07, 6.45) is 0.498. The van der Waals surface area contributed by atoms with Crippen LogP contribution in [-0.2, 0) is 16.0 Å². The topological polar surface area (TPSA) is 111 Å². The number of hydrogen-bond acceptors (Lipinski definition) is 6. The number of phenolic OH excluding ortho intramolecular Hbond substituents is 1. The predicted molar refractivity (Wildman–Crippen MR) is 154 cm³/mol. The predicted octanol–water partition coefficient (Wildman–Crippen LogP) is 6.16. The van der Waals surface area contributed by atoms with Gasteiger partial charge in [0.1, 0.15) is 17.9 Å². The first-order valence-corrected chi connectivity index (χ1v) is 13.7. The van der Waals surface area contributed by atoms with Crippen molar-refractivity contribution in [2.75, 3.05) is 26.4 Å². The highest BCUT2D eigenvalue weighted by Crippen LogP contribution is 2.42. The number of morpholine rings is 1. The molecule has 0 saturated carbocycles. The number of phenols is 1. The van der Waals surface area contributed by atoms with Gasteiger partial charge in [-0.2, -0.15) is 5.26 Å². The van der Waals surface area contributed by atoms with Crippen molar-refractivity contribution in [2.24, 2.45) is 0 Å². The summed E-state index contributed by atoms with van der Waals surface area (Å²) < 4.78 is 28.0. The average molecular weight is 553 g/mol. The number of hydrogen-bond donors (Lipinski definition) is 2. The first-order valence-electron chi connectivity index (χ1n) is 13.7. The molecule has 1 amide bonds. The summed E-state index contributed by atoms with van der Waals surface area (Å²) in [5.41, 5.74) is 2.99. The third-order valence-corrected chi connectivity index (χ3v) is 7.72. The summed E-state index contributed by atoms with van der Waals surface area (Å²) in [5, 5.41) is 22.7. The third kappa shape index (κ3) is 4.60. The Labute approximate surface area is 235 Å². The Hall–Kier alpha value is -4.68. The van der Waals surface area contributed by atoms with Crippen molar-refractivity contribution in [3.05, 3.63) is 65.6 Å². The molecular formula is C32H29FN4O4. The number of ether oxygens (including phenoxy) is 2. The number of nitrogens with one attached hydrogen (secondary N) is 1. The Morgan fingerprint density at radius 2 is 2.05 bits per heavy atom. The molecule has 5 aromatic rings. The van der Waals surface area contributed by atoms with Gasteiger partial charge in [0.25, 0.3) is 0 Å². The molecule has 1 atom stereocenters. The van der Waals surface area contributed by atoms with Crippen molar-refractivity contribution in [1.29, 1.82) is 5.26 Å². The van der Waals surface area contributed by atoms with E-state index in [-0.39, 0.29) is 42.1 Å². The number of nitrogens with zero attached hydrogens (tertiary/aromatic N) is 3. The van der Waals surface area contributed by atoms with E-state index in [1.54, 1.807) is 17.0 Å². The highest BCUT2D eigenvalue weighted by atomic mass is 19.1. The van der Waals surface area contributed by atoms with E-state index in [2.05, 4.69) is 16.0 Å². The molecule has 0 spiro atoms. The molecule has 0 bridgehead atoms. The Balaban J connectivity index is 1.63. The van der Waals surface area contributed by atoms with Gasteiger partial charge in [-0.25, -0.2) is 9.37 Å². The van der Waals surface area contributed by atoms with E-state index in [1.165, 1.54) is 0 Å². The number of nitriles is 1. The smallest absolute Gasteiger partial charge is 0.249 e. The molecular weight excluding hydrogens is 523 g/mol. The fourth-order valence-corrected chi connectivity index (χ4v) is 5.77. The molecule has 1 aliphatic rings. The zero-order valence-corrected chi connectivity index (χ0v) is 22.8. The normalized spacial score (nSPS) is 14.6. The van der Waals surface area contributed by atoms with Crippen LogP contribution in [0.4, 0.5) is 4.39 Å². The zero-order valence-electron chi connectivity index (χ0n) is 22.8. The van der Waals surface area contributed by atoms with Crippen LogP contribution in [0.1, 0.15) is 37.6 Å². The van der Waals surface area contributed by atoms with E-state index in [9.17, 15) is 15.2 Å². The first kappa shape index (κ1) is 26.5. The van der Waals surface area contributed by atoms with Gasteiger partial charge in [0.15, 0.2) is 5.82 Å². The number of aromatic amines is 1. The maximum absolute atomic E-state index is 16.8. The van der Waals surface area contributed by atoms with Crippen molar-refractivity contribution >= 4 is 38.5 Å². The number of aromatic nitrogens is 2. The van der Waals surface area contributed by atoms with Crippen LogP contribution in [0, 0.1) is 17.1 Å². The number of aromatic hydroxyl groups is 1. The first-order chi connectivity index (χ1) is 19.9. The van der Waals surface area contributed by atoms with Gasteiger partial charge in [0, 0.05) is 29.6 Å². The number of rotatable bonds is 7. The quantitative estimate of drug-likeness (QED) is 0.250. The van der Waals surface area contributed by atoms with Gasteiger partial charge in [0.2, 0.25) is 11.8 Å². The lowest BCUT2D eigenvalue weighted by molar-refractivity contribution is -0.145. The SMILES string of the molecule is CCOc1nc2c(F)c(-c3cc(O)cc4ccccc34)c(CCC#N)cc2c2[nH]c(C(C)N3CCOCC3=O)cc12. The Morgan fingerprint density at radius 1 is 1.22 bits per heavy atom. The Morgan fingerprint density at radius 3 is 2.83 bits per heavy atom. The van der Waals surface area contributed by atoms with E-state index < -0.39 is 5.82 Å².